The van der Waals surface area contributed by atoms with Crippen molar-refractivity contribution in [1.29, 1.82) is 0 Å². The predicted octanol–water partition coefficient (Wildman–Crippen LogP) is 3.72. The highest BCUT2D eigenvalue weighted by Gasteiger charge is 2.81. The highest BCUT2D eigenvalue weighted by Crippen LogP contribution is 2.73. The highest BCUT2D eigenvalue weighted by molar-refractivity contribution is 5.90. The van der Waals surface area contributed by atoms with Gasteiger partial charge < -0.3 is 19.7 Å². The number of aliphatic hydroxyl groups is 2. The molecule has 6 rings (SSSR count). The minimum Gasteiger partial charge on any atom is -0.456 e. The first-order valence-corrected chi connectivity index (χ1v) is 13.4. The van der Waals surface area contributed by atoms with Crippen molar-refractivity contribution >= 4 is 11.8 Å². The number of rotatable bonds is 2. The van der Waals surface area contributed by atoms with E-state index in [0.717, 1.165) is 37.7 Å². The van der Waals surface area contributed by atoms with Crippen LogP contribution >= 0.6 is 0 Å². The van der Waals surface area contributed by atoms with Crippen molar-refractivity contribution in [1.82, 2.24) is 0 Å². The molecule has 0 unspecified atom stereocenters. The molecule has 0 radical (unpaired) electrons. The Kier molecular flexibility index (Phi) is 4.74. The van der Waals surface area contributed by atoms with E-state index >= 15 is 0 Å². The van der Waals surface area contributed by atoms with Crippen LogP contribution in [-0.4, -0.2) is 51.5 Å². The number of epoxide rings is 1. The number of ketones is 1. The summed E-state index contributed by atoms with van der Waals surface area (Å²) in [6.45, 7) is 10.0. The van der Waals surface area contributed by atoms with E-state index in [-0.39, 0.29) is 35.1 Å². The van der Waals surface area contributed by atoms with Gasteiger partial charge in [0, 0.05) is 18.4 Å². The first-order valence-electron chi connectivity index (χ1n) is 13.4. The number of hydrogen-bond acceptors (Lipinski definition) is 6. The maximum Gasteiger partial charge on any atom is 0.334 e. The molecule has 0 aromatic rings. The smallest absolute Gasteiger partial charge is 0.334 e. The van der Waals surface area contributed by atoms with Crippen molar-refractivity contribution in [2.45, 2.75) is 115 Å². The molecule has 4 saturated carbocycles. The van der Waals surface area contributed by atoms with Crippen LogP contribution in [0.5, 0.6) is 0 Å². The maximum absolute atomic E-state index is 13.4. The second-order valence-electron chi connectivity index (χ2n) is 13.1. The predicted molar refractivity (Wildman–Crippen MR) is 125 cm³/mol. The Bertz CT molecular complexity index is 983. The zero-order valence-electron chi connectivity index (χ0n) is 21.2. The van der Waals surface area contributed by atoms with Crippen molar-refractivity contribution in [3.8, 4) is 0 Å². The fraction of sp³-hybridized carbons (Fsp3) is 0.857. The molecule has 2 heterocycles. The number of cyclic esters (lactones) is 1. The molecule has 1 saturated heterocycles. The van der Waals surface area contributed by atoms with E-state index in [2.05, 4.69) is 13.8 Å². The molecule has 34 heavy (non-hydrogen) atoms. The van der Waals surface area contributed by atoms with E-state index in [4.69, 9.17) is 9.47 Å². The van der Waals surface area contributed by atoms with Crippen LogP contribution < -0.4 is 0 Å². The summed E-state index contributed by atoms with van der Waals surface area (Å²) >= 11 is 0. The minimum absolute atomic E-state index is 0.0298. The molecule has 0 bridgehead atoms. The third-order valence-corrected chi connectivity index (χ3v) is 12.0. The Morgan fingerprint density at radius 3 is 2.50 bits per heavy atom. The van der Waals surface area contributed by atoms with Crippen molar-refractivity contribution in [2.75, 3.05) is 0 Å². The Labute approximate surface area is 202 Å². The van der Waals surface area contributed by atoms with Crippen LogP contribution in [0.15, 0.2) is 11.1 Å². The summed E-state index contributed by atoms with van der Waals surface area (Å²) in [7, 11) is 0. The largest absolute Gasteiger partial charge is 0.456 e. The van der Waals surface area contributed by atoms with E-state index in [1.54, 1.807) is 6.92 Å². The van der Waals surface area contributed by atoms with Gasteiger partial charge in [-0.3, -0.25) is 4.79 Å². The molecular weight excluding hydrogens is 432 g/mol. The summed E-state index contributed by atoms with van der Waals surface area (Å²) in [4.78, 5) is 25.8. The first-order chi connectivity index (χ1) is 15.9. The van der Waals surface area contributed by atoms with Crippen LogP contribution in [0.1, 0.15) is 86.0 Å². The third kappa shape index (κ3) is 2.58. The number of esters is 1. The van der Waals surface area contributed by atoms with Crippen molar-refractivity contribution in [3.63, 3.8) is 0 Å². The van der Waals surface area contributed by atoms with Gasteiger partial charge in [0.15, 0.2) is 0 Å². The molecule has 5 fully saturated rings. The zero-order valence-corrected chi connectivity index (χ0v) is 21.2. The van der Waals surface area contributed by atoms with E-state index in [9.17, 15) is 19.8 Å². The van der Waals surface area contributed by atoms with Gasteiger partial charge in [-0.15, -0.1) is 0 Å². The molecule has 0 aromatic heterocycles. The Hall–Kier alpha value is -1.24. The summed E-state index contributed by atoms with van der Waals surface area (Å²) in [5, 5.41) is 22.8. The summed E-state index contributed by atoms with van der Waals surface area (Å²) in [6.07, 6.45) is 5.10. The normalized spacial score (nSPS) is 53.8. The lowest BCUT2D eigenvalue weighted by Gasteiger charge is -2.59. The molecule has 1 spiro atoms. The second kappa shape index (κ2) is 6.95. The number of carbonyl (C=O) groups is 2. The van der Waals surface area contributed by atoms with E-state index in [1.807, 2.05) is 13.8 Å². The lowest BCUT2D eigenvalue weighted by atomic mass is 9.43. The number of carbonyl (C=O) groups excluding carboxylic acids is 2. The molecule has 6 heteroatoms. The molecule has 2 aliphatic heterocycles. The first kappa shape index (κ1) is 23.2. The van der Waals surface area contributed by atoms with Crippen LogP contribution in [-0.2, 0) is 19.1 Å². The average Bonchev–Trinajstić information content (AvgIpc) is 3.40. The van der Waals surface area contributed by atoms with Gasteiger partial charge in [-0.2, -0.15) is 0 Å². The van der Waals surface area contributed by atoms with Gasteiger partial charge in [-0.1, -0.05) is 12.5 Å². The van der Waals surface area contributed by atoms with E-state index in [0.29, 0.717) is 36.7 Å². The van der Waals surface area contributed by atoms with Crippen LogP contribution in [0.4, 0.5) is 0 Å². The zero-order chi connectivity index (χ0) is 24.4. The summed E-state index contributed by atoms with van der Waals surface area (Å²) in [6, 6.07) is 0. The van der Waals surface area contributed by atoms with Crippen LogP contribution in [0, 0.1) is 34.5 Å². The molecule has 0 amide bonds. The maximum atomic E-state index is 13.4. The standard InChI is InChI=1S/C28H40O6/c1-14-12-22(33-24(31)15(14)2)27(5,32)19-7-6-17-16-13-23-28(34-23)21(30)9-8-20(29)26(28,4)18(16)10-11-25(17,19)3/h16-19,21-23,30,32H,6-13H2,1-5H3/t16-,17-,18-,19-,21-,22+,23+,25-,26-,27+,28+/m0/s1. The van der Waals surface area contributed by atoms with E-state index < -0.39 is 28.8 Å². The van der Waals surface area contributed by atoms with Crippen LogP contribution in [0.2, 0.25) is 0 Å². The molecule has 0 aromatic carbocycles. The van der Waals surface area contributed by atoms with Gasteiger partial charge in [0.25, 0.3) is 0 Å². The fourth-order valence-corrected chi connectivity index (χ4v) is 9.93. The summed E-state index contributed by atoms with van der Waals surface area (Å²) in [5.74, 6) is 0.961. The lowest BCUT2D eigenvalue weighted by Crippen LogP contribution is -2.65. The molecule has 2 N–H and O–H groups in total. The topological polar surface area (TPSA) is 96.4 Å². The van der Waals surface area contributed by atoms with Gasteiger partial charge in [-0.05, 0) is 95.3 Å². The highest BCUT2D eigenvalue weighted by atomic mass is 16.6. The van der Waals surface area contributed by atoms with Gasteiger partial charge >= 0.3 is 5.97 Å². The quantitative estimate of drug-likeness (QED) is 0.470. The number of aliphatic hydroxyl groups excluding tert-OH is 1. The SMILES string of the molecule is CC1=C(C)C(=O)O[C@@H]([C@](C)(O)[C@H]2CC[C@H]3[C@@H]4C[C@H]5O[C@]56[C@@H](O)CCC(=O)[C@]6(C)[C@H]4CC[C@]23C)C1. The Morgan fingerprint density at radius 2 is 1.79 bits per heavy atom. The van der Waals surface area contributed by atoms with Crippen LogP contribution in [0.3, 0.4) is 0 Å². The third-order valence-electron chi connectivity index (χ3n) is 12.0. The monoisotopic (exact) mass is 472 g/mol. The molecule has 11 atom stereocenters. The average molecular weight is 473 g/mol. The fourth-order valence-electron chi connectivity index (χ4n) is 9.93. The number of fused-ring (bicyclic) bond motifs is 4. The van der Waals surface area contributed by atoms with Crippen molar-refractivity contribution < 1.29 is 29.3 Å². The Balaban J connectivity index is 1.31. The van der Waals surface area contributed by atoms with Gasteiger partial charge in [0.1, 0.15) is 23.1 Å². The summed E-state index contributed by atoms with van der Waals surface area (Å²) < 4.78 is 12.0. The second-order valence-corrected chi connectivity index (χ2v) is 13.1. The van der Waals surface area contributed by atoms with Crippen molar-refractivity contribution in [2.24, 2.45) is 34.5 Å². The van der Waals surface area contributed by atoms with Crippen molar-refractivity contribution in [3.05, 3.63) is 11.1 Å². The van der Waals surface area contributed by atoms with E-state index in [1.165, 1.54) is 0 Å². The van der Waals surface area contributed by atoms with Crippen LogP contribution in [0.25, 0.3) is 0 Å². The number of ether oxygens (including phenoxy) is 2. The van der Waals surface area contributed by atoms with Gasteiger partial charge in [-0.25, -0.2) is 4.79 Å². The van der Waals surface area contributed by atoms with Gasteiger partial charge in [0.05, 0.1) is 17.6 Å². The molecule has 6 nitrogen and oxygen atoms in total. The number of hydrogen-bond donors (Lipinski definition) is 2. The molecule has 4 aliphatic carbocycles. The van der Waals surface area contributed by atoms with Gasteiger partial charge in [0.2, 0.25) is 0 Å². The minimum atomic E-state index is -1.11. The number of Topliss-reactive ketones (excluding diaryl/α,β-unsaturated/α-hetero) is 1. The molecular formula is C28H40O6. The Morgan fingerprint density at radius 1 is 1.06 bits per heavy atom. The molecule has 6 aliphatic rings. The molecule has 188 valence electrons. The summed E-state index contributed by atoms with van der Waals surface area (Å²) in [5.41, 5.74) is -0.809. The lowest BCUT2D eigenvalue weighted by molar-refractivity contribution is -0.186.